The summed E-state index contributed by atoms with van der Waals surface area (Å²) in [4.78, 5) is 27.4. The number of carbonyl (C=O) groups is 1. The van der Waals surface area contributed by atoms with E-state index < -0.39 is 0 Å². The number of carbonyl (C=O) groups excluding carboxylic acids is 1. The molecule has 2 heterocycles. The fourth-order valence-corrected chi connectivity index (χ4v) is 2.85. The van der Waals surface area contributed by atoms with Crippen LogP contribution in [0, 0.1) is 0 Å². The van der Waals surface area contributed by atoms with E-state index >= 15 is 0 Å². The molecular formula is C16H17N7OS. The number of rotatable bonds is 7. The van der Waals surface area contributed by atoms with Crippen molar-refractivity contribution in [2.45, 2.75) is 6.42 Å². The molecule has 0 saturated carbocycles. The quantitative estimate of drug-likeness (QED) is 0.289. The van der Waals surface area contributed by atoms with Crippen molar-refractivity contribution < 1.29 is 4.79 Å². The van der Waals surface area contributed by atoms with Crippen LogP contribution in [0.3, 0.4) is 0 Å². The number of anilines is 1. The standard InChI is InChI=1S/C16H17N7OS/c17-14(18)23-16-22-12(9-25-16)13(24)11-8-20-15(21-11)19-7-6-10-4-2-1-3-5-10/h1-5,8-9H,6-7H2,(H2,19,20,21)(H4,17,18,22,23). The monoisotopic (exact) mass is 355 g/mol. The van der Waals surface area contributed by atoms with Crippen molar-refractivity contribution in [3.8, 4) is 0 Å². The second-order valence-corrected chi connectivity index (χ2v) is 6.03. The van der Waals surface area contributed by atoms with E-state index in [4.69, 9.17) is 11.5 Å². The molecule has 0 unspecified atom stereocenters. The third-order valence-corrected chi connectivity index (χ3v) is 4.05. The molecule has 0 fully saturated rings. The number of aromatic amines is 1. The summed E-state index contributed by atoms with van der Waals surface area (Å²) in [6.45, 7) is 0.705. The Kier molecular flexibility index (Phi) is 5.05. The third-order valence-electron chi connectivity index (χ3n) is 3.32. The topological polar surface area (TPSA) is 135 Å². The van der Waals surface area contributed by atoms with Crippen LogP contribution in [0.15, 0.2) is 46.9 Å². The molecule has 3 rings (SSSR count). The highest BCUT2D eigenvalue weighted by atomic mass is 32.1. The fourth-order valence-electron chi connectivity index (χ4n) is 2.16. The number of hydrogen-bond donors (Lipinski definition) is 4. The van der Waals surface area contributed by atoms with Crippen molar-refractivity contribution in [3.05, 3.63) is 58.9 Å². The van der Waals surface area contributed by atoms with Crippen LogP contribution in [-0.2, 0) is 6.42 Å². The van der Waals surface area contributed by atoms with Crippen molar-refractivity contribution in [3.63, 3.8) is 0 Å². The minimum absolute atomic E-state index is 0.0974. The summed E-state index contributed by atoms with van der Waals surface area (Å²) in [7, 11) is 0. The predicted molar refractivity (Wildman–Crippen MR) is 98.2 cm³/mol. The molecule has 2 aromatic heterocycles. The Hall–Kier alpha value is -3.20. The molecule has 1 aromatic carbocycles. The maximum atomic E-state index is 12.4. The van der Waals surface area contributed by atoms with Gasteiger partial charge in [-0.2, -0.15) is 4.99 Å². The first-order valence-corrected chi connectivity index (χ1v) is 8.42. The van der Waals surface area contributed by atoms with E-state index in [9.17, 15) is 4.79 Å². The van der Waals surface area contributed by atoms with Crippen molar-refractivity contribution in [1.82, 2.24) is 15.0 Å². The van der Waals surface area contributed by atoms with Crippen LogP contribution in [0.2, 0.25) is 0 Å². The highest BCUT2D eigenvalue weighted by Gasteiger charge is 2.15. The first-order valence-electron chi connectivity index (χ1n) is 7.54. The van der Waals surface area contributed by atoms with Crippen LogP contribution in [0.5, 0.6) is 0 Å². The summed E-state index contributed by atoms with van der Waals surface area (Å²) in [6, 6.07) is 10.1. The lowest BCUT2D eigenvalue weighted by Gasteiger charge is -2.02. The van der Waals surface area contributed by atoms with E-state index in [1.807, 2.05) is 18.2 Å². The van der Waals surface area contributed by atoms with Crippen LogP contribution in [0.25, 0.3) is 0 Å². The average Bonchev–Trinajstić information content (AvgIpc) is 3.24. The normalized spacial score (nSPS) is 10.4. The molecule has 0 radical (unpaired) electrons. The van der Waals surface area contributed by atoms with Crippen LogP contribution in [-0.4, -0.2) is 33.2 Å². The third kappa shape index (κ3) is 4.42. The number of nitrogens with one attached hydrogen (secondary N) is 2. The van der Waals surface area contributed by atoms with E-state index in [1.54, 1.807) is 5.38 Å². The number of aromatic nitrogens is 3. The second kappa shape index (κ2) is 7.58. The average molecular weight is 355 g/mol. The summed E-state index contributed by atoms with van der Waals surface area (Å²) in [5, 5.41) is 5.10. The van der Waals surface area contributed by atoms with Gasteiger partial charge in [-0.15, -0.1) is 11.3 Å². The molecule has 0 bridgehead atoms. The summed E-state index contributed by atoms with van der Waals surface area (Å²) < 4.78 is 0. The number of nitrogens with zero attached hydrogens (tertiary/aromatic N) is 3. The van der Waals surface area contributed by atoms with Crippen LogP contribution < -0.4 is 16.8 Å². The largest absolute Gasteiger partial charge is 0.370 e. The van der Waals surface area contributed by atoms with E-state index in [-0.39, 0.29) is 17.4 Å². The molecule has 8 nitrogen and oxygen atoms in total. The molecule has 0 spiro atoms. The van der Waals surface area contributed by atoms with Crippen molar-refractivity contribution in [1.29, 1.82) is 0 Å². The number of guanidine groups is 1. The maximum absolute atomic E-state index is 12.4. The van der Waals surface area contributed by atoms with Gasteiger partial charge in [0.1, 0.15) is 11.4 Å². The van der Waals surface area contributed by atoms with Gasteiger partial charge >= 0.3 is 0 Å². The Morgan fingerprint density at radius 2 is 2.08 bits per heavy atom. The fraction of sp³-hybridized carbons (Fsp3) is 0.125. The summed E-state index contributed by atoms with van der Waals surface area (Å²) in [5.41, 5.74) is 12.4. The molecule has 25 heavy (non-hydrogen) atoms. The zero-order valence-corrected chi connectivity index (χ0v) is 14.1. The zero-order chi connectivity index (χ0) is 17.6. The number of hydrogen-bond acceptors (Lipinski definition) is 6. The highest BCUT2D eigenvalue weighted by Crippen LogP contribution is 2.20. The highest BCUT2D eigenvalue weighted by molar-refractivity contribution is 7.13. The maximum Gasteiger partial charge on any atom is 0.230 e. The van der Waals surface area contributed by atoms with Gasteiger partial charge in [-0.05, 0) is 12.0 Å². The van der Waals surface area contributed by atoms with Gasteiger partial charge in [0.05, 0.1) is 6.20 Å². The minimum atomic E-state index is -0.267. The number of H-pyrrole nitrogens is 1. The van der Waals surface area contributed by atoms with Crippen molar-refractivity contribution in [2.24, 2.45) is 16.5 Å². The summed E-state index contributed by atoms with van der Waals surface area (Å²) in [6.07, 6.45) is 2.34. The van der Waals surface area contributed by atoms with Gasteiger partial charge in [-0.1, -0.05) is 30.3 Å². The lowest BCUT2D eigenvalue weighted by Crippen LogP contribution is -2.21. The molecule has 0 aliphatic rings. The summed E-state index contributed by atoms with van der Waals surface area (Å²) in [5.74, 6) is 0.177. The van der Waals surface area contributed by atoms with E-state index in [2.05, 4.69) is 37.4 Å². The van der Waals surface area contributed by atoms with Crippen LogP contribution in [0.4, 0.5) is 11.1 Å². The summed E-state index contributed by atoms with van der Waals surface area (Å²) >= 11 is 1.19. The first kappa shape index (κ1) is 16.7. The SMILES string of the molecule is NC(N)=Nc1nc(C(=O)c2cnc(NCCc3ccccc3)[nH]2)cs1. The molecule has 0 atom stereocenters. The van der Waals surface area contributed by atoms with Gasteiger partial charge in [0.2, 0.25) is 16.9 Å². The lowest BCUT2D eigenvalue weighted by atomic mass is 10.1. The lowest BCUT2D eigenvalue weighted by molar-refractivity contribution is 0.103. The van der Waals surface area contributed by atoms with Crippen LogP contribution in [0.1, 0.15) is 21.7 Å². The van der Waals surface area contributed by atoms with Gasteiger partial charge < -0.3 is 21.8 Å². The number of thiazole rings is 1. The second-order valence-electron chi connectivity index (χ2n) is 5.19. The molecule has 3 aromatic rings. The van der Waals surface area contributed by atoms with E-state index in [0.717, 1.165) is 6.42 Å². The molecule has 0 saturated heterocycles. The number of benzene rings is 1. The van der Waals surface area contributed by atoms with Gasteiger partial charge in [0, 0.05) is 11.9 Å². The predicted octanol–water partition coefficient (Wildman–Crippen LogP) is 1.66. The Bertz CT molecular complexity index is 881. The Morgan fingerprint density at radius 1 is 1.28 bits per heavy atom. The van der Waals surface area contributed by atoms with Crippen molar-refractivity contribution in [2.75, 3.05) is 11.9 Å². The first-order chi connectivity index (χ1) is 12.1. The molecule has 0 amide bonds. The van der Waals surface area contributed by atoms with Gasteiger partial charge in [-0.25, -0.2) is 9.97 Å². The number of imidazole rings is 1. The molecular weight excluding hydrogens is 338 g/mol. The number of ketones is 1. The minimum Gasteiger partial charge on any atom is -0.370 e. The number of nitrogens with two attached hydrogens (primary N) is 2. The van der Waals surface area contributed by atoms with Gasteiger partial charge in [-0.3, -0.25) is 4.79 Å². The van der Waals surface area contributed by atoms with Crippen LogP contribution >= 0.6 is 11.3 Å². The molecule has 0 aliphatic heterocycles. The Balaban J connectivity index is 1.59. The Morgan fingerprint density at radius 3 is 2.84 bits per heavy atom. The smallest absolute Gasteiger partial charge is 0.230 e. The van der Waals surface area contributed by atoms with Crippen molar-refractivity contribution >= 4 is 34.2 Å². The van der Waals surface area contributed by atoms with E-state index in [1.165, 1.54) is 23.1 Å². The molecule has 6 N–H and O–H groups in total. The van der Waals surface area contributed by atoms with Gasteiger partial charge in [0.15, 0.2) is 5.96 Å². The van der Waals surface area contributed by atoms with E-state index in [0.29, 0.717) is 23.3 Å². The molecule has 128 valence electrons. The zero-order valence-electron chi connectivity index (χ0n) is 13.3. The molecule has 9 heteroatoms. The molecule has 0 aliphatic carbocycles. The Labute approximate surface area is 148 Å². The van der Waals surface area contributed by atoms with Gasteiger partial charge in [0.25, 0.3) is 0 Å². The number of aliphatic imine (C=N–C) groups is 1.